The van der Waals surface area contributed by atoms with Crippen molar-refractivity contribution in [2.75, 3.05) is 11.4 Å². The minimum Gasteiger partial charge on any atom is -0.491 e. The molecule has 0 radical (unpaired) electrons. The molecule has 6 nitrogen and oxygen atoms in total. The molecule has 2 aromatic rings. The summed E-state index contributed by atoms with van der Waals surface area (Å²) in [4.78, 5) is 29.3. The van der Waals surface area contributed by atoms with E-state index >= 15 is 0 Å². The molecule has 2 saturated heterocycles. The summed E-state index contributed by atoms with van der Waals surface area (Å²) in [5.41, 5.74) is 0.543. The fourth-order valence-electron chi connectivity index (χ4n) is 4.68. The molecule has 164 valence electrons. The maximum Gasteiger partial charge on any atom is 0.329 e. The number of anilines is 1. The number of rotatable bonds is 5. The van der Waals surface area contributed by atoms with Gasteiger partial charge in [0.15, 0.2) is 0 Å². The Bertz CT molecular complexity index is 996. The van der Waals surface area contributed by atoms with Crippen molar-refractivity contribution in [1.29, 1.82) is 0 Å². The quantitative estimate of drug-likeness (QED) is 0.733. The maximum absolute atomic E-state index is 13.8. The van der Waals surface area contributed by atoms with Gasteiger partial charge in [-0.25, -0.2) is 9.18 Å². The Labute approximate surface area is 182 Å². The molecular formula is C24H28FN3O3. The molecule has 0 bridgehead atoms. The second kappa shape index (κ2) is 8.30. The molecule has 2 heterocycles. The van der Waals surface area contributed by atoms with Crippen LogP contribution < -0.4 is 15.0 Å². The summed E-state index contributed by atoms with van der Waals surface area (Å²) >= 11 is 0. The summed E-state index contributed by atoms with van der Waals surface area (Å²) in [6.07, 6.45) is 1.06. The minimum absolute atomic E-state index is 0.0520. The van der Waals surface area contributed by atoms with Crippen LogP contribution in [0.1, 0.15) is 39.2 Å². The number of likely N-dealkylation sites (tertiary alicyclic amines) is 1. The first-order chi connectivity index (χ1) is 14.8. The highest BCUT2D eigenvalue weighted by molar-refractivity contribution is 6.17. The van der Waals surface area contributed by atoms with E-state index in [9.17, 15) is 14.0 Å². The van der Waals surface area contributed by atoms with Gasteiger partial charge in [-0.3, -0.25) is 19.9 Å². The molecular weight excluding hydrogens is 397 g/mol. The topological polar surface area (TPSA) is 61.9 Å². The van der Waals surface area contributed by atoms with Crippen molar-refractivity contribution in [1.82, 2.24) is 10.2 Å². The summed E-state index contributed by atoms with van der Waals surface area (Å²) in [6, 6.07) is 13.5. The highest BCUT2D eigenvalue weighted by Gasteiger charge is 2.56. The predicted molar refractivity (Wildman–Crippen MR) is 116 cm³/mol. The van der Waals surface area contributed by atoms with Gasteiger partial charge in [-0.2, -0.15) is 0 Å². The van der Waals surface area contributed by atoms with E-state index in [2.05, 4.69) is 23.2 Å². The largest absolute Gasteiger partial charge is 0.491 e. The fourth-order valence-corrected chi connectivity index (χ4v) is 4.68. The van der Waals surface area contributed by atoms with Gasteiger partial charge in [0.2, 0.25) is 0 Å². The fraction of sp³-hybridized carbons (Fsp3) is 0.417. The van der Waals surface area contributed by atoms with Crippen LogP contribution in [0.15, 0.2) is 48.5 Å². The monoisotopic (exact) mass is 425 g/mol. The van der Waals surface area contributed by atoms with E-state index in [4.69, 9.17) is 4.74 Å². The number of imide groups is 1. The lowest BCUT2D eigenvalue weighted by Gasteiger charge is -2.45. The molecule has 1 spiro atoms. The lowest BCUT2D eigenvalue weighted by atomic mass is 9.81. The third-order valence-corrected chi connectivity index (χ3v) is 6.07. The number of hydrogen-bond acceptors (Lipinski definition) is 4. The van der Waals surface area contributed by atoms with Gasteiger partial charge in [0.25, 0.3) is 5.91 Å². The molecule has 2 fully saturated rings. The Morgan fingerprint density at radius 1 is 1.19 bits per heavy atom. The van der Waals surface area contributed by atoms with Gasteiger partial charge in [0.1, 0.15) is 17.1 Å². The minimum atomic E-state index is -0.997. The zero-order valence-corrected chi connectivity index (χ0v) is 18.1. The van der Waals surface area contributed by atoms with E-state index in [0.29, 0.717) is 25.1 Å². The number of ether oxygens (including phenoxy) is 1. The molecule has 0 saturated carbocycles. The number of halogens is 1. The van der Waals surface area contributed by atoms with Crippen molar-refractivity contribution < 1.29 is 18.7 Å². The zero-order valence-electron chi connectivity index (χ0n) is 18.1. The smallest absolute Gasteiger partial charge is 0.329 e. The van der Waals surface area contributed by atoms with E-state index in [1.807, 2.05) is 32.0 Å². The molecule has 2 aliphatic rings. The molecule has 2 atom stereocenters. The SMILES string of the molecule is CC(C)Oc1cccc(CN2CC[C@]3(C[C@H]2C)C(=O)NC(=O)N3c2cccc(F)c2)c1. The van der Waals surface area contributed by atoms with Crippen LogP contribution in [0.25, 0.3) is 0 Å². The van der Waals surface area contributed by atoms with Crippen LogP contribution >= 0.6 is 0 Å². The number of hydrogen-bond donors (Lipinski definition) is 1. The third-order valence-electron chi connectivity index (χ3n) is 6.07. The number of carbonyl (C=O) groups excluding carboxylic acids is 2. The molecule has 0 unspecified atom stereocenters. The first-order valence-corrected chi connectivity index (χ1v) is 10.7. The van der Waals surface area contributed by atoms with Gasteiger partial charge in [0.05, 0.1) is 6.10 Å². The highest BCUT2D eigenvalue weighted by Crippen LogP contribution is 2.39. The average molecular weight is 426 g/mol. The summed E-state index contributed by atoms with van der Waals surface area (Å²) in [5, 5.41) is 2.45. The Kier molecular flexibility index (Phi) is 5.71. The standard InChI is InChI=1S/C24H28FN3O3/c1-16(2)31-21-9-4-6-18(12-21)15-27-11-10-24(14-17(27)3)22(29)26-23(30)28(24)20-8-5-7-19(25)13-20/h4-9,12-13,16-17H,10-11,14-15H2,1-3H3,(H,26,29,30)/t17-,24+/m1/s1. The third kappa shape index (κ3) is 4.14. The van der Waals surface area contributed by atoms with Crippen molar-refractivity contribution >= 4 is 17.6 Å². The molecule has 2 aromatic carbocycles. The number of nitrogens with zero attached hydrogens (tertiary/aromatic N) is 2. The molecule has 31 heavy (non-hydrogen) atoms. The molecule has 7 heteroatoms. The molecule has 4 rings (SSSR count). The van der Waals surface area contributed by atoms with Gasteiger partial charge in [-0.15, -0.1) is 0 Å². The summed E-state index contributed by atoms with van der Waals surface area (Å²) in [7, 11) is 0. The Morgan fingerprint density at radius 3 is 2.68 bits per heavy atom. The molecule has 0 aliphatic carbocycles. The van der Waals surface area contributed by atoms with E-state index in [1.54, 1.807) is 12.1 Å². The van der Waals surface area contributed by atoms with Crippen molar-refractivity contribution in [3.05, 3.63) is 59.9 Å². The van der Waals surface area contributed by atoms with Gasteiger partial charge in [-0.1, -0.05) is 18.2 Å². The van der Waals surface area contributed by atoms with Crippen LogP contribution in [0.4, 0.5) is 14.9 Å². The number of carbonyl (C=O) groups is 2. The highest BCUT2D eigenvalue weighted by atomic mass is 19.1. The summed E-state index contributed by atoms with van der Waals surface area (Å²) in [6.45, 7) is 7.43. The van der Waals surface area contributed by atoms with Crippen LogP contribution in [-0.4, -0.2) is 41.1 Å². The number of piperidine rings is 1. The lowest BCUT2D eigenvalue weighted by molar-refractivity contribution is -0.125. The molecule has 2 aliphatic heterocycles. The lowest BCUT2D eigenvalue weighted by Crippen LogP contribution is -2.59. The van der Waals surface area contributed by atoms with Crippen molar-refractivity contribution in [3.8, 4) is 5.75 Å². The number of benzene rings is 2. The van der Waals surface area contributed by atoms with Gasteiger partial charge >= 0.3 is 6.03 Å². The summed E-state index contributed by atoms with van der Waals surface area (Å²) < 4.78 is 19.6. The Hall–Kier alpha value is -2.93. The first kappa shape index (κ1) is 21.3. The zero-order chi connectivity index (χ0) is 22.2. The van der Waals surface area contributed by atoms with E-state index in [0.717, 1.165) is 17.9 Å². The number of amides is 3. The van der Waals surface area contributed by atoms with Crippen LogP contribution in [0.2, 0.25) is 0 Å². The van der Waals surface area contributed by atoms with Gasteiger partial charge in [-0.05, 0) is 69.5 Å². The average Bonchev–Trinajstić information content (AvgIpc) is 2.93. The Morgan fingerprint density at radius 2 is 1.97 bits per heavy atom. The number of urea groups is 1. The second-order valence-electron chi connectivity index (χ2n) is 8.69. The van der Waals surface area contributed by atoms with Crippen LogP contribution in [-0.2, 0) is 11.3 Å². The number of nitrogens with one attached hydrogen (secondary N) is 1. The van der Waals surface area contributed by atoms with Gasteiger partial charge < -0.3 is 4.74 Å². The van der Waals surface area contributed by atoms with E-state index < -0.39 is 17.4 Å². The molecule has 0 aromatic heterocycles. The van der Waals surface area contributed by atoms with E-state index in [-0.39, 0.29) is 18.1 Å². The second-order valence-corrected chi connectivity index (χ2v) is 8.69. The molecule has 1 N–H and O–H groups in total. The van der Waals surface area contributed by atoms with Crippen LogP contribution in [0.3, 0.4) is 0 Å². The van der Waals surface area contributed by atoms with Crippen LogP contribution in [0.5, 0.6) is 5.75 Å². The Balaban J connectivity index is 1.53. The normalized spacial score (nSPS) is 24.2. The molecule has 3 amide bonds. The van der Waals surface area contributed by atoms with E-state index in [1.165, 1.54) is 17.0 Å². The van der Waals surface area contributed by atoms with Crippen LogP contribution in [0, 0.1) is 5.82 Å². The van der Waals surface area contributed by atoms with Crippen molar-refractivity contribution in [3.63, 3.8) is 0 Å². The van der Waals surface area contributed by atoms with Crippen molar-refractivity contribution in [2.45, 2.75) is 57.8 Å². The predicted octanol–water partition coefficient (Wildman–Crippen LogP) is 4.09. The summed E-state index contributed by atoms with van der Waals surface area (Å²) in [5.74, 6) is 0.0982. The van der Waals surface area contributed by atoms with Crippen molar-refractivity contribution in [2.24, 2.45) is 0 Å². The van der Waals surface area contributed by atoms with Gasteiger partial charge in [0, 0.05) is 24.8 Å². The maximum atomic E-state index is 13.8. The first-order valence-electron chi connectivity index (χ1n) is 10.7.